The number of pyridine rings is 1. The largest absolute Gasteiger partial charge is 0.497 e. The topological polar surface area (TPSA) is 40.6 Å². The number of thiocarbonyl (C=S) groups is 1. The number of aromatic nitrogens is 1. The maximum absolute atomic E-state index is 7.07. The predicted molar refractivity (Wildman–Crippen MR) is 149 cm³/mol. The van der Waals surface area contributed by atoms with Crippen LogP contribution in [-0.4, -0.2) is 29.8 Å². The van der Waals surface area contributed by atoms with E-state index in [1.807, 2.05) is 48.7 Å². The molecular weight excluding hydrogens is 476 g/mol. The van der Waals surface area contributed by atoms with E-state index < -0.39 is 0 Å². The summed E-state index contributed by atoms with van der Waals surface area (Å²) in [7, 11) is 3.78. The van der Waals surface area contributed by atoms with Crippen LogP contribution in [0.15, 0.2) is 66.9 Å². The maximum atomic E-state index is 7.07. The van der Waals surface area contributed by atoms with Crippen molar-refractivity contribution in [2.75, 3.05) is 24.0 Å². The molecule has 1 aromatic heterocycles. The van der Waals surface area contributed by atoms with Crippen LogP contribution in [0.5, 0.6) is 5.75 Å². The fourth-order valence-electron chi connectivity index (χ4n) is 5.12. The van der Waals surface area contributed by atoms with Gasteiger partial charge in [0, 0.05) is 41.3 Å². The van der Waals surface area contributed by atoms with Crippen molar-refractivity contribution in [1.82, 2.24) is 10.3 Å². The number of likely N-dealkylation sites (N-methyl/N-ethyl adjacent to an activating group) is 1. The minimum Gasteiger partial charge on any atom is -0.497 e. The summed E-state index contributed by atoms with van der Waals surface area (Å²) in [5, 5.41) is 4.84. The molecule has 2 aliphatic heterocycles. The number of hydrogen-bond donors (Lipinski definition) is 1. The average Bonchev–Trinajstić information content (AvgIpc) is 3.19. The monoisotopic (exact) mass is 504 g/mol. The van der Waals surface area contributed by atoms with E-state index in [0.29, 0.717) is 10.1 Å². The molecule has 1 fully saturated rings. The number of nitrogens with one attached hydrogen (secondary N) is 1. The Morgan fingerprint density at radius 2 is 1.91 bits per heavy atom. The van der Waals surface area contributed by atoms with Crippen molar-refractivity contribution in [1.29, 1.82) is 0 Å². The molecule has 5 nitrogen and oxygen atoms in total. The fourth-order valence-corrected chi connectivity index (χ4v) is 5.74. The van der Waals surface area contributed by atoms with Gasteiger partial charge in [0.05, 0.1) is 30.4 Å². The van der Waals surface area contributed by atoms with E-state index in [2.05, 4.69) is 66.1 Å². The Hall–Kier alpha value is -3.09. The van der Waals surface area contributed by atoms with Gasteiger partial charge in [-0.1, -0.05) is 29.8 Å². The highest BCUT2D eigenvalue weighted by molar-refractivity contribution is 7.80. The Morgan fingerprint density at radius 3 is 2.63 bits per heavy atom. The van der Waals surface area contributed by atoms with Gasteiger partial charge in [-0.05, 0) is 80.5 Å². The summed E-state index contributed by atoms with van der Waals surface area (Å²) >= 11 is 12.9. The van der Waals surface area contributed by atoms with Crippen LogP contribution in [0.25, 0.3) is 5.57 Å². The van der Waals surface area contributed by atoms with Gasteiger partial charge in [0.25, 0.3) is 0 Å². The molecule has 0 saturated carbocycles. The Bertz CT molecular complexity index is 1320. The summed E-state index contributed by atoms with van der Waals surface area (Å²) < 4.78 is 5.50. The first-order valence-corrected chi connectivity index (χ1v) is 12.4. The normalized spacial score (nSPS) is 20.9. The summed E-state index contributed by atoms with van der Waals surface area (Å²) in [4.78, 5) is 9.06. The summed E-state index contributed by atoms with van der Waals surface area (Å²) in [5.74, 6) is 0.768. The molecule has 0 radical (unpaired) electrons. The van der Waals surface area contributed by atoms with Crippen LogP contribution in [0.3, 0.4) is 0 Å². The summed E-state index contributed by atoms with van der Waals surface area (Å²) in [6.45, 7) is 6.59. The molecule has 0 amide bonds. The quantitative estimate of drug-likeness (QED) is 0.406. The Balaban J connectivity index is 1.70. The van der Waals surface area contributed by atoms with Crippen molar-refractivity contribution >= 4 is 45.9 Å². The summed E-state index contributed by atoms with van der Waals surface area (Å²) in [6, 6.07) is 17.8. The van der Waals surface area contributed by atoms with Crippen LogP contribution in [0.2, 0.25) is 5.02 Å². The minimum atomic E-state index is -0.199. The summed E-state index contributed by atoms with van der Waals surface area (Å²) in [6.07, 6.45) is 4.12. The number of ether oxygens (including phenoxy) is 1. The molecule has 7 heteroatoms. The standard InChI is InChI=1S/C28H29ClN4OS/c1-17-16-28(2,3)32(4)24-15-22(29)21(14-20(17)24)26-25(23-11-6-7-12-30-23)31-27(35)33(26)18-9-8-10-19(13-18)34-5/h6-16,25-26H,1-5H3,(H,31,35). The van der Waals surface area contributed by atoms with Gasteiger partial charge < -0.3 is 19.9 Å². The lowest BCUT2D eigenvalue weighted by Crippen LogP contribution is -2.42. The number of methoxy groups -OCH3 is 1. The van der Waals surface area contributed by atoms with Gasteiger partial charge in [0.2, 0.25) is 0 Å². The molecule has 1 N–H and O–H groups in total. The van der Waals surface area contributed by atoms with E-state index in [0.717, 1.165) is 28.4 Å². The number of allylic oxidation sites excluding steroid dienone is 1. The Labute approximate surface area is 217 Å². The Kier molecular flexibility index (Phi) is 5.98. The van der Waals surface area contributed by atoms with Crippen molar-refractivity contribution < 1.29 is 4.74 Å². The molecular formula is C28H29ClN4OS. The number of benzene rings is 2. The Morgan fingerprint density at radius 1 is 1.11 bits per heavy atom. The van der Waals surface area contributed by atoms with Crippen molar-refractivity contribution in [2.45, 2.75) is 38.4 Å². The molecule has 5 rings (SSSR count). The van der Waals surface area contributed by atoms with Gasteiger partial charge in [-0.15, -0.1) is 0 Å². The highest BCUT2D eigenvalue weighted by Gasteiger charge is 2.42. The van der Waals surface area contributed by atoms with E-state index in [4.69, 9.17) is 28.6 Å². The first kappa shape index (κ1) is 23.6. The third-order valence-corrected chi connectivity index (χ3v) is 7.73. The zero-order valence-corrected chi connectivity index (χ0v) is 22.1. The molecule has 35 heavy (non-hydrogen) atoms. The van der Waals surface area contributed by atoms with Crippen LogP contribution in [0.1, 0.15) is 49.7 Å². The second-order valence-corrected chi connectivity index (χ2v) is 10.4. The number of hydrogen-bond acceptors (Lipinski definition) is 4. The smallest absolute Gasteiger partial charge is 0.174 e. The third kappa shape index (κ3) is 4.05. The summed E-state index contributed by atoms with van der Waals surface area (Å²) in [5.41, 5.74) is 6.28. The minimum absolute atomic E-state index is 0.0957. The van der Waals surface area contributed by atoms with E-state index in [9.17, 15) is 0 Å². The fraction of sp³-hybridized carbons (Fsp3) is 0.286. The molecule has 2 aliphatic rings. The number of anilines is 2. The van der Waals surface area contributed by atoms with Gasteiger partial charge in [0.1, 0.15) is 5.75 Å². The van der Waals surface area contributed by atoms with E-state index in [-0.39, 0.29) is 17.6 Å². The van der Waals surface area contributed by atoms with Gasteiger partial charge in [-0.3, -0.25) is 4.98 Å². The van der Waals surface area contributed by atoms with Gasteiger partial charge in [0.15, 0.2) is 5.11 Å². The number of nitrogens with zero attached hydrogens (tertiary/aromatic N) is 3. The van der Waals surface area contributed by atoms with Crippen LogP contribution < -0.4 is 19.9 Å². The van der Waals surface area contributed by atoms with E-state index in [1.165, 1.54) is 11.1 Å². The molecule has 0 bridgehead atoms. The van der Waals surface area contributed by atoms with Crippen molar-refractivity contribution in [3.8, 4) is 5.75 Å². The van der Waals surface area contributed by atoms with Crippen molar-refractivity contribution in [3.63, 3.8) is 0 Å². The van der Waals surface area contributed by atoms with Crippen LogP contribution >= 0.6 is 23.8 Å². The number of halogens is 1. The SMILES string of the molecule is COc1cccc(N2C(=S)NC(c3ccccn3)C2c2cc3c(cc2Cl)N(C)C(C)(C)C=C3C)c1. The molecule has 0 spiro atoms. The average molecular weight is 505 g/mol. The maximum Gasteiger partial charge on any atom is 0.174 e. The highest BCUT2D eigenvalue weighted by Crippen LogP contribution is 2.48. The molecule has 2 aromatic carbocycles. The first-order valence-electron chi connectivity index (χ1n) is 11.6. The van der Waals surface area contributed by atoms with Crippen LogP contribution in [0, 0.1) is 0 Å². The number of fused-ring (bicyclic) bond motifs is 1. The lowest BCUT2D eigenvalue weighted by Gasteiger charge is -2.41. The third-order valence-electron chi connectivity index (χ3n) is 7.08. The zero-order valence-electron chi connectivity index (χ0n) is 20.5. The zero-order chi connectivity index (χ0) is 24.9. The molecule has 1 saturated heterocycles. The van der Waals surface area contributed by atoms with Crippen LogP contribution in [0.4, 0.5) is 11.4 Å². The lowest BCUT2D eigenvalue weighted by molar-refractivity contribution is 0.415. The molecule has 0 aliphatic carbocycles. The molecule has 3 aromatic rings. The second kappa shape index (κ2) is 8.85. The second-order valence-electron chi connectivity index (χ2n) is 9.63. The van der Waals surface area contributed by atoms with Crippen LogP contribution in [-0.2, 0) is 0 Å². The van der Waals surface area contributed by atoms with Crippen molar-refractivity contribution in [2.24, 2.45) is 0 Å². The molecule has 3 heterocycles. The van der Waals surface area contributed by atoms with Crippen molar-refractivity contribution in [3.05, 3.63) is 88.7 Å². The number of rotatable bonds is 4. The van der Waals surface area contributed by atoms with Gasteiger partial charge >= 0.3 is 0 Å². The molecule has 2 unspecified atom stereocenters. The highest BCUT2D eigenvalue weighted by atomic mass is 35.5. The van der Waals surface area contributed by atoms with Gasteiger partial charge in [-0.25, -0.2) is 0 Å². The molecule has 180 valence electrons. The lowest BCUT2D eigenvalue weighted by atomic mass is 9.86. The van der Waals surface area contributed by atoms with E-state index in [1.54, 1.807) is 7.11 Å². The molecule has 2 atom stereocenters. The van der Waals surface area contributed by atoms with E-state index >= 15 is 0 Å². The predicted octanol–water partition coefficient (Wildman–Crippen LogP) is 6.55. The first-order chi connectivity index (χ1) is 16.7. The van der Waals surface area contributed by atoms with Gasteiger partial charge in [-0.2, -0.15) is 0 Å².